The number of nitrogens with one attached hydrogen (secondary N) is 1. The smallest absolute Gasteiger partial charge is 0.177 e. The first-order valence-corrected chi connectivity index (χ1v) is 6.77. The van der Waals surface area contributed by atoms with Crippen LogP contribution in [0.15, 0.2) is 12.4 Å². The minimum atomic E-state index is -2.78. The summed E-state index contributed by atoms with van der Waals surface area (Å²) in [5.74, 6) is 0.565. The lowest BCUT2D eigenvalue weighted by molar-refractivity contribution is 0.446. The fourth-order valence-electron chi connectivity index (χ4n) is 1.77. The molecule has 0 aromatic carbocycles. The van der Waals surface area contributed by atoms with E-state index in [1.54, 1.807) is 6.20 Å². The van der Waals surface area contributed by atoms with Crippen molar-refractivity contribution in [2.75, 3.05) is 11.5 Å². The fourth-order valence-corrected chi connectivity index (χ4v) is 3.52. The Hall–Kier alpha value is -0.620. The molecule has 0 spiro atoms. The van der Waals surface area contributed by atoms with Crippen LogP contribution in [0.4, 0.5) is 0 Å². The number of rotatable bonds is 1. The maximum absolute atomic E-state index is 11.2. The predicted octanol–water partition coefficient (Wildman–Crippen LogP) is 1.30. The van der Waals surface area contributed by atoms with E-state index in [1.165, 1.54) is 0 Å². The van der Waals surface area contributed by atoms with Gasteiger partial charge in [-0.2, -0.15) is 0 Å². The number of aromatic nitrogens is 2. The molecule has 0 unspecified atom stereocenters. The first-order valence-electron chi connectivity index (χ1n) is 4.54. The van der Waals surface area contributed by atoms with Crippen LogP contribution in [-0.4, -0.2) is 29.5 Å². The van der Waals surface area contributed by atoms with E-state index in [0.29, 0.717) is 17.6 Å². The molecule has 0 atom stereocenters. The van der Waals surface area contributed by atoms with Crippen LogP contribution in [0.3, 0.4) is 0 Å². The first kappa shape index (κ1) is 9.92. The molecule has 1 N–H and O–H groups in total. The van der Waals surface area contributed by atoms with Crippen LogP contribution in [0.2, 0.25) is 0 Å². The van der Waals surface area contributed by atoms with Gasteiger partial charge in [-0.3, -0.25) is 0 Å². The zero-order chi connectivity index (χ0) is 10.2. The minimum absolute atomic E-state index is 0.247. The standard InChI is InChI=1S/C8H12N2O2S2/c11-14(12)5-1-7(2-6-14)10-4-3-9-8(10)13/h3-4,7H,1-2,5-6H2,(H,9,13). The third-order valence-corrected chi connectivity index (χ3v) is 4.64. The van der Waals surface area contributed by atoms with E-state index in [4.69, 9.17) is 12.2 Å². The van der Waals surface area contributed by atoms with E-state index in [0.717, 1.165) is 0 Å². The number of sulfone groups is 1. The Bertz CT molecular complexity index is 458. The van der Waals surface area contributed by atoms with E-state index in [2.05, 4.69) is 4.98 Å². The molecule has 4 nitrogen and oxygen atoms in total. The molecule has 14 heavy (non-hydrogen) atoms. The van der Waals surface area contributed by atoms with Crippen LogP contribution in [0, 0.1) is 4.77 Å². The van der Waals surface area contributed by atoms with Gasteiger partial charge in [-0.1, -0.05) is 0 Å². The molecule has 78 valence electrons. The molecule has 0 saturated carbocycles. The van der Waals surface area contributed by atoms with Crippen LogP contribution in [0.5, 0.6) is 0 Å². The van der Waals surface area contributed by atoms with Gasteiger partial charge in [-0.15, -0.1) is 0 Å². The quantitative estimate of drug-likeness (QED) is 0.742. The van der Waals surface area contributed by atoms with Crippen molar-refractivity contribution in [3.8, 4) is 0 Å². The number of nitrogens with zero attached hydrogens (tertiary/aromatic N) is 1. The molecule has 2 heterocycles. The van der Waals surface area contributed by atoms with Gasteiger partial charge in [0, 0.05) is 18.4 Å². The average Bonchev–Trinajstić information content (AvgIpc) is 2.52. The summed E-state index contributed by atoms with van der Waals surface area (Å²) in [7, 11) is -2.78. The lowest BCUT2D eigenvalue weighted by atomic mass is 10.1. The Labute approximate surface area is 87.9 Å². The lowest BCUT2D eigenvalue weighted by Gasteiger charge is -2.22. The summed E-state index contributed by atoms with van der Waals surface area (Å²) in [6, 6.07) is 0.247. The molecular weight excluding hydrogens is 220 g/mol. The molecule has 1 aliphatic heterocycles. The molecule has 0 bridgehead atoms. The largest absolute Gasteiger partial charge is 0.337 e. The minimum Gasteiger partial charge on any atom is -0.337 e. The first-order chi connectivity index (χ1) is 6.58. The Morgan fingerprint density at radius 2 is 2.07 bits per heavy atom. The van der Waals surface area contributed by atoms with Gasteiger partial charge in [0.05, 0.1) is 11.5 Å². The molecule has 0 amide bonds. The summed E-state index contributed by atoms with van der Waals surface area (Å²) in [6.45, 7) is 0. The second kappa shape index (κ2) is 3.51. The Kier molecular flexibility index (Phi) is 2.48. The third kappa shape index (κ3) is 1.90. The highest BCUT2D eigenvalue weighted by Crippen LogP contribution is 2.23. The van der Waals surface area contributed by atoms with Gasteiger partial charge in [0.25, 0.3) is 0 Å². The van der Waals surface area contributed by atoms with Crippen LogP contribution >= 0.6 is 12.2 Å². The van der Waals surface area contributed by atoms with Crippen LogP contribution in [-0.2, 0) is 9.84 Å². The summed E-state index contributed by atoms with van der Waals surface area (Å²) in [5, 5.41) is 0. The molecule has 1 aliphatic rings. The van der Waals surface area contributed by atoms with Crippen LogP contribution in [0.25, 0.3) is 0 Å². The van der Waals surface area contributed by atoms with E-state index in [-0.39, 0.29) is 17.5 Å². The summed E-state index contributed by atoms with van der Waals surface area (Å²) in [5.41, 5.74) is 0. The second-order valence-corrected chi connectivity index (χ2v) is 6.25. The molecule has 1 aromatic heterocycles. The van der Waals surface area contributed by atoms with Crippen molar-refractivity contribution in [3.63, 3.8) is 0 Å². The van der Waals surface area contributed by atoms with Gasteiger partial charge in [-0.25, -0.2) is 8.42 Å². The van der Waals surface area contributed by atoms with Gasteiger partial charge in [0.1, 0.15) is 9.84 Å². The van der Waals surface area contributed by atoms with Gasteiger partial charge < -0.3 is 9.55 Å². The van der Waals surface area contributed by atoms with Crippen molar-refractivity contribution in [3.05, 3.63) is 17.2 Å². The summed E-state index contributed by atoms with van der Waals surface area (Å²) in [6.07, 6.45) is 5.01. The van der Waals surface area contributed by atoms with Crippen molar-refractivity contribution in [2.45, 2.75) is 18.9 Å². The average molecular weight is 232 g/mol. The second-order valence-electron chi connectivity index (χ2n) is 3.56. The zero-order valence-electron chi connectivity index (χ0n) is 7.64. The fraction of sp³-hybridized carbons (Fsp3) is 0.625. The zero-order valence-corrected chi connectivity index (χ0v) is 9.27. The highest BCUT2D eigenvalue weighted by Gasteiger charge is 2.24. The molecule has 1 fully saturated rings. The Morgan fingerprint density at radius 1 is 1.43 bits per heavy atom. The van der Waals surface area contributed by atoms with Crippen molar-refractivity contribution < 1.29 is 8.42 Å². The normalized spacial score (nSPS) is 22.3. The van der Waals surface area contributed by atoms with Gasteiger partial charge >= 0.3 is 0 Å². The molecule has 0 aliphatic carbocycles. The monoisotopic (exact) mass is 232 g/mol. The highest BCUT2D eigenvalue weighted by molar-refractivity contribution is 7.91. The Morgan fingerprint density at radius 3 is 2.57 bits per heavy atom. The maximum atomic E-state index is 11.2. The van der Waals surface area contributed by atoms with Gasteiger partial charge in [-0.05, 0) is 25.1 Å². The Balaban J connectivity index is 2.18. The molecule has 1 aromatic rings. The SMILES string of the molecule is O=S1(=O)CCC(n2cc[nH]c2=S)CC1. The molecule has 0 radical (unpaired) electrons. The summed E-state index contributed by atoms with van der Waals surface area (Å²) >= 11 is 5.08. The lowest BCUT2D eigenvalue weighted by Crippen LogP contribution is -2.25. The van der Waals surface area contributed by atoms with Crippen LogP contribution in [0.1, 0.15) is 18.9 Å². The third-order valence-electron chi connectivity index (χ3n) is 2.59. The van der Waals surface area contributed by atoms with E-state index >= 15 is 0 Å². The molecule has 6 heteroatoms. The number of hydrogen-bond acceptors (Lipinski definition) is 3. The summed E-state index contributed by atoms with van der Waals surface area (Å²) in [4.78, 5) is 2.91. The maximum Gasteiger partial charge on any atom is 0.177 e. The number of aromatic amines is 1. The molecule has 2 rings (SSSR count). The summed E-state index contributed by atoms with van der Waals surface area (Å²) < 4.78 is 25.0. The topological polar surface area (TPSA) is 54.9 Å². The number of hydrogen-bond donors (Lipinski definition) is 1. The van der Waals surface area contributed by atoms with Crippen molar-refractivity contribution >= 4 is 22.1 Å². The van der Waals surface area contributed by atoms with E-state index in [1.807, 2.05) is 10.8 Å². The molecular formula is C8H12N2O2S2. The number of H-pyrrole nitrogens is 1. The van der Waals surface area contributed by atoms with Gasteiger partial charge in [0.15, 0.2) is 4.77 Å². The number of imidazole rings is 1. The van der Waals surface area contributed by atoms with Crippen molar-refractivity contribution in [1.29, 1.82) is 0 Å². The highest BCUT2D eigenvalue weighted by atomic mass is 32.2. The van der Waals surface area contributed by atoms with E-state index < -0.39 is 9.84 Å². The molecule has 1 saturated heterocycles. The van der Waals surface area contributed by atoms with Crippen molar-refractivity contribution in [1.82, 2.24) is 9.55 Å². The predicted molar refractivity (Wildman–Crippen MR) is 56.5 cm³/mol. The van der Waals surface area contributed by atoms with Crippen molar-refractivity contribution in [2.24, 2.45) is 0 Å². The van der Waals surface area contributed by atoms with Crippen LogP contribution < -0.4 is 0 Å². The van der Waals surface area contributed by atoms with E-state index in [9.17, 15) is 8.42 Å². The van der Waals surface area contributed by atoms with Gasteiger partial charge in [0.2, 0.25) is 0 Å².